The van der Waals surface area contributed by atoms with Crippen LogP contribution in [0.1, 0.15) is 11.1 Å². The average Bonchev–Trinajstić information content (AvgIpc) is 2.70. The Morgan fingerprint density at radius 1 is 1.23 bits per heavy atom. The van der Waals surface area contributed by atoms with Crippen molar-refractivity contribution in [1.29, 1.82) is 5.26 Å². The maximum atomic E-state index is 8.80. The summed E-state index contributed by atoms with van der Waals surface area (Å²) >= 11 is 0. The molecule has 1 heterocycles. The topological polar surface area (TPSA) is 62.6 Å². The molecule has 13 heavy (non-hydrogen) atoms. The van der Waals surface area contributed by atoms with Crippen LogP contribution in [0.4, 0.5) is 0 Å². The molecule has 1 aromatic rings. The molecule has 0 spiro atoms. The Hall–Kier alpha value is -2.15. The first-order valence-corrected chi connectivity index (χ1v) is 3.72. The van der Waals surface area contributed by atoms with Crippen LogP contribution in [0.2, 0.25) is 0 Å². The van der Waals surface area contributed by atoms with Crippen molar-refractivity contribution in [2.45, 2.75) is 0 Å². The molecule has 0 saturated carbocycles. The number of nitrogens with zero attached hydrogens (tertiary/aromatic N) is 4. The summed E-state index contributed by atoms with van der Waals surface area (Å²) in [5, 5.41) is 16.2. The molecule has 0 atom stereocenters. The highest BCUT2D eigenvalue weighted by Gasteiger charge is 2.09. The van der Waals surface area contributed by atoms with Gasteiger partial charge in [0.15, 0.2) is 0 Å². The van der Waals surface area contributed by atoms with E-state index in [1.807, 2.05) is 18.2 Å². The first kappa shape index (κ1) is 7.50. The van der Waals surface area contributed by atoms with Gasteiger partial charge in [0.25, 0.3) is 0 Å². The van der Waals surface area contributed by atoms with E-state index in [2.05, 4.69) is 21.8 Å². The minimum Gasteiger partial charge on any atom is -0.192 e. The predicted octanol–water partition coefficient (Wildman–Crippen LogP) is 0.866. The van der Waals surface area contributed by atoms with Gasteiger partial charge in [-0.25, -0.2) is 0 Å². The molecule has 0 unspecified atom stereocenters. The zero-order chi connectivity index (χ0) is 9.10. The second kappa shape index (κ2) is 3.07. The van der Waals surface area contributed by atoms with Crippen LogP contribution in [0.15, 0.2) is 34.5 Å². The fraction of sp³-hybridized carbons (Fsp3) is 0. The Morgan fingerprint density at radius 3 is 2.77 bits per heavy atom. The first-order chi connectivity index (χ1) is 6.42. The summed E-state index contributed by atoms with van der Waals surface area (Å²) in [6, 6.07) is 9.32. The molecule has 1 radical (unpaired) electrons. The van der Waals surface area contributed by atoms with E-state index in [-0.39, 0.29) is 0 Å². The van der Waals surface area contributed by atoms with Crippen LogP contribution < -0.4 is 5.53 Å². The summed E-state index contributed by atoms with van der Waals surface area (Å²) in [7, 11) is 0. The number of benzene rings is 1. The van der Waals surface area contributed by atoms with Crippen molar-refractivity contribution >= 4 is 11.9 Å². The van der Waals surface area contributed by atoms with Crippen molar-refractivity contribution in [3.05, 3.63) is 35.4 Å². The predicted molar refractivity (Wildman–Crippen MR) is 48.3 cm³/mol. The third-order valence-corrected chi connectivity index (χ3v) is 1.71. The minimum atomic E-state index is 0.588. The van der Waals surface area contributed by atoms with Gasteiger partial charge in [-0.05, 0) is 11.6 Å². The Kier molecular flexibility index (Phi) is 1.77. The summed E-state index contributed by atoms with van der Waals surface area (Å²) in [6.45, 7) is 0. The molecule has 0 aromatic heterocycles. The van der Waals surface area contributed by atoms with Crippen LogP contribution in [0, 0.1) is 11.3 Å². The minimum absolute atomic E-state index is 0.588. The van der Waals surface area contributed by atoms with Gasteiger partial charge in [-0.1, -0.05) is 18.2 Å². The molecule has 1 aromatic carbocycles. The molecular formula is C9H5N4. The zero-order valence-corrected chi connectivity index (χ0v) is 6.68. The summed E-state index contributed by atoms with van der Waals surface area (Å²) in [5.74, 6) is 0. The van der Waals surface area contributed by atoms with Gasteiger partial charge in [-0.2, -0.15) is 5.26 Å². The van der Waals surface area contributed by atoms with Crippen molar-refractivity contribution in [2.24, 2.45) is 10.2 Å². The quantitative estimate of drug-likeness (QED) is 0.615. The monoisotopic (exact) mass is 169 g/mol. The van der Waals surface area contributed by atoms with Gasteiger partial charge in [0.1, 0.15) is 5.71 Å². The number of hydrogen-bond acceptors (Lipinski definition) is 3. The number of rotatable bonds is 1. The highest BCUT2D eigenvalue weighted by atomic mass is 15.5. The van der Waals surface area contributed by atoms with Crippen LogP contribution in [0.3, 0.4) is 0 Å². The van der Waals surface area contributed by atoms with Crippen LogP contribution in [0.5, 0.6) is 0 Å². The standard InChI is InChI=1S/C9H5N4/c10-5-7-3-1-2-4-8(7)9-6-11-13-12-9/h1-4,6H. The smallest absolute Gasteiger partial charge is 0.116 e. The summed E-state index contributed by atoms with van der Waals surface area (Å²) < 4.78 is 0. The van der Waals surface area contributed by atoms with Gasteiger partial charge >= 0.3 is 0 Å². The highest BCUT2D eigenvalue weighted by Crippen LogP contribution is 2.09. The van der Waals surface area contributed by atoms with Crippen LogP contribution in [-0.2, 0) is 0 Å². The lowest BCUT2D eigenvalue weighted by atomic mass is 10.1. The lowest BCUT2D eigenvalue weighted by Gasteiger charge is -1.97. The molecule has 0 aliphatic carbocycles. The zero-order valence-electron chi connectivity index (χ0n) is 6.68. The van der Waals surface area contributed by atoms with E-state index in [4.69, 9.17) is 5.26 Å². The van der Waals surface area contributed by atoms with E-state index in [9.17, 15) is 0 Å². The SMILES string of the molecule is N#Cc1ccccc1C1=N[N]N=C1. The Bertz CT molecular complexity index is 425. The Morgan fingerprint density at radius 2 is 2.08 bits per heavy atom. The van der Waals surface area contributed by atoms with E-state index in [1.54, 1.807) is 6.07 Å². The van der Waals surface area contributed by atoms with Gasteiger partial charge in [0, 0.05) is 5.56 Å². The second-order valence-corrected chi connectivity index (χ2v) is 2.48. The maximum Gasteiger partial charge on any atom is 0.116 e. The largest absolute Gasteiger partial charge is 0.192 e. The van der Waals surface area contributed by atoms with Gasteiger partial charge in [0.05, 0.1) is 17.8 Å². The van der Waals surface area contributed by atoms with Crippen molar-refractivity contribution in [3.63, 3.8) is 0 Å². The van der Waals surface area contributed by atoms with E-state index in [0.29, 0.717) is 11.3 Å². The Labute approximate surface area is 75.2 Å². The van der Waals surface area contributed by atoms with Crippen molar-refractivity contribution in [3.8, 4) is 6.07 Å². The van der Waals surface area contributed by atoms with Crippen LogP contribution >= 0.6 is 0 Å². The molecular weight excluding hydrogens is 164 g/mol. The van der Waals surface area contributed by atoms with Gasteiger partial charge < -0.3 is 0 Å². The maximum absolute atomic E-state index is 8.80. The molecule has 2 rings (SSSR count). The van der Waals surface area contributed by atoms with E-state index in [0.717, 1.165) is 5.56 Å². The fourth-order valence-electron chi connectivity index (χ4n) is 1.11. The molecule has 0 N–H and O–H groups in total. The highest BCUT2D eigenvalue weighted by molar-refractivity contribution is 6.39. The number of hydrogen-bond donors (Lipinski definition) is 0. The summed E-state index contributed by atoms with van der Waals surface area (Å²) in [6.07, 6.45) is 1.54. The van der Waals surface area contributed by atoms with Crippen molar-refractivity contribution in [1.82, 2.24) is 5.53 Å². The average molecular weight is 169 g/mol. The number of nitriles is 1. The van der Waals surface area contributed by atoms with Crippen LogP contribution in [0.25, 0.3) is 0 Å². The Balaban J connectivity index is 2.52. The summed E-state index contributed by atoms with van der Waals surface area (Å²) in [4.78, 5) is 0. The molecule has 1 aliphatic rings. The summed E-state index contributed by atoms with van der Waals surface area (Å²) in [5.41, 5.74) is 5.46. The molecule has 4 nitrogen and oxygen atoms in total. The van der Waals surface area contributed by atoms with E-state index < -0.39 is 0 Å². The molecule has 0 saturated heterocycles. The normalized spacial score (nSPS) is 13.3. The van der Waals surface area contributed by atoms with Crippen LogP contribution in [-0.4, -0.2) is 11.9 Å². The third-order valence-electron chi connectivity index (χ3n) is 1.71. The van der Waals surface area contributed by atoms with Crippen molar-refractivity contribution < 1.29 is 0 Å². The lowest BCUT2D eigenvalue weighted by molar-refractivity contribution is 0.813. The molecule has 61 valence electrons. The molecule has 1 aliphatic heterocycles. The van der Waals surface area contributed by atoms with Gasteiger partial charge in [-0.3, -0.25) is 0 Å². The molecule has 0 fully saturated rings. The first-order valence-electron chi connectivity index (χ1n) is 3.72. The molecule has 0 bridgehead atoms. The second-order valence-electron chi connectivity index (χ2n) is 2.48. The molecule has 0 amide bonds. The lowest BCUT2D eigenvalue weighted by Crippen LogP contribution is -2.01. The fourth-order valence-corrected chi connectivity index (χ4v) is 1.11. The van der Waals surface area contributed by atoms with E-state index in [1.165, 1.54) is 6.21 Å². The third kappa shape index (κ3) is 1.27. The van der Waals surface area contributed by atoms with Gasteiger partial charge in [-0.15, -0.1) is 10.2 Å². The van der Waals surface area contributed by atoms with E-state index >= 15 is 0 Å². The van der Waals surface area contributed by atoms with Gasteiger partial charge in [0.2, 0.25) is 0 Å². The molecule has 4 heteroatoms. The van der Waals surface area contributed by atoms with Crippen molar-refractivity contribution in [2.75, 3.05) is 0 Å².